The van der Waals surface area contributed by atoms with Crippen LogP contribution in [0.1, 0.15) is 0 Å². The smallest absolute Gasteiger partial charge is 0.312 e. The number of carbonyl (C=O) groups excluding carboxylic acids is 2. The number of nitrogens with one attached hydrogen (secondary N) is 2. The fraction of sp³-hybridized carbons (Fsp3) is 0.0667. The van der Waals surface area contributed by atoms with E-state index in [1.165, 1.54) is 0 Å². The molecule has 0 aliphatic heterocycles. The number of rotatable bonds is 5. The van der Waals surface area contributed by atoms with Crippen LogP contribution in [0.4, 0.5) is 10.5 Å². The van der Waals surface area contributed by atoms with Crippen LogP contribution < -0.4 is 21.1 Å². The summed E-state index contributed by atoms with van der Waals surface area (Å²) in [6.07, 6.45) is 0. The van der Waals surface area contributed by atoms with Gasteiger partial charge < -0.3 is 21.1 Å². The van der Waals surface area contributed by atoms with Crippen molar-refractivity contribution in [1.82, 2.24) is 5.32 Å². The number of primary amides is 1. The Balaban J connectivity index is 1.90. The van der Waals surface area contributed by atoms with Crippen molar-refractivity contribution < 1.29 is 14.3 Å². The lowest BCUT2D eigenvalue weighted by atomic mass is 10.3. The minimum atomic E-state index is -0.739. The number of urea groups is 1. The van der Waals surface area contributed by atoms with Gasteiger partial charge in [-0.3, -0.25) is 4.79 Å². The third-order valence-electron chi connectivity index (χ3n) is 2.54. The van der Waals surface area contributed by atoms with Gasteiger partial charge in [0.15, 0.2) is 0 Å². The molecule has 0 bridgehead atoms. The van der Waals surface area contributed by atoms with E-state index in [4.69, 9.17) is 10.5 Å². The Kier molecular flexibility index (Phi) is 4.76. The quantitative estimate of drug-likeness (QED) is 0.785. The summed E-state index contributed by atoms with van der Waals surface area (Å²) in [5.74, 6) is 1.04. The Hall–Kier alpha value is -3.02. The first-order valence-electron chi connectivity index (χ1n) is 6.29. The molecule has 0 spiro atoms. The van der Waals surface area contributed by atoms with Crippen molar-refractivity contribution in [2.75, 3.05) is 11.9 Å². The molecule has 2 aromatic rings. The van der Waals surface area contributed by atoms with Crippen LogP contribution in [0.15, 0.2) is 54.6 Å². The zero-order valence-electron chi connectivity index (χ0n) is 11.2. The largest absolute Gasteiger partial charge is 0.457 e. The van der Waals surface area contributed by atoms with Gasteiger partial charge in [-0.25, -0.2) is 4.79 Å². The summed E-state index contributed by atoms with van der Waals surface area (Å²) in [5.41, 5.74) is 5.48. The molecule has 0 aliphatic carbocycles. The van der Waals surface area contributed by atoms with Gasteiger partial charge in [-0.05, 0) is 36.4 Å². The van der Waals surface area contributed by atoms with Crippen molar-refractivity contribution in [1.29, 1.82) is 0 Å². The molecule has 0 fully saturated rings. The molecule has 108 valence electrons. The fourth-order valence-corrected chi connectivity index (χ4v) is 1.60. The number of hydrogen-bond donors (Lipinski definition) is 3. The molecule has 3 amide bonds. The first kappa shape index (κ1) is 14.4. The maximum absolute atomic E-state index is 11.5. The van der Waals surface area contributed by atoms with Gasteiger partial charge in [-0.15, -0.1) is 0 Å². The van der Waals surface area contributed by atoms with Crippen LogP contribution in [0.25, 0.3) is 0 Å². The van der Waals surface area contributed by atoms with Crippen LogP contribution in [0.3, 0.4) is 0 Å². The van der Waals surface area contributed by atoms with E-state index in [-0.39, 0.29) is 12.5 Å². The van der Waals surface area contributed by atoms with Crippen molar-refractivity contribution in [2.45, 2.75) is 0 Å². The molecule has 0 aromatic heterocycles. The van der Waals surface area contributed by atoms with Crippen LogP contribution in [0, 0.1) is 0 Å². The zero-order valence-corrected chi connectivity index (χ0v) is 11.2. The lowest BCUT2D eigenvalue weighted by molar-refractivity contribution is -0.115. The topological polar surface area (TPSA) is 93.5 Å². The number of amides is 3. The average molecular weight is 285 g/mol. The van der Waals surface area contributed by atoms with Crippen molar-refractivity contribution >= 4 is 17.6 Å². The van der Waals surface area contributed by atoms with Gasteiger partial charge in [-0.1, -0.05) is 18.2 Å². The van der Waals surface area contributed by atoms with Crippen LogP contribution in [-0.4, -0.2) is 18.5 Å². The average Bonchev–Trinajstić information content (AvgIpc) is 2.48. The number of benzene rings is 2. The third-order valence-corrected chi connectivity index (χ3v) is 2.54. The monoisotopic (exact) mass is 285 g/mol. The maximum Gasteiger partial charge on any atom is 0.312 e. The van der Waals surface area contributed by atoms with E-state index in [2.05, 4.69) is 10.6 Å². The number of carbonyl (C=O) groups is 2. The molecule has 6 nitrogen and oxygen atoms in total. The van der Waals surface area contributed by atoms with E-state index in [0.29, 0.717) is 11.4 Å². The summed E-state index contributed by atoms with van der Waals surface area (Å²) in [6.45, 7) is -0.169. The van der Waals surface area contributed by atoms with Gasteiger partial charge in [0.25, 0.3) is 0 Å². The minimum Gasteiger partial charge on any atom is -0.457 e. The Morgan fingerprint density at radius 2 is 1.57 bits per heavy atom. The van der Waals surface area contributed by atoms with Crippen LogP contribution >= 0.6 is 0 Å². The van der Waals surface area contributed by atoms with Gasteiger partial charge in [0.2, 0.25) is 5.91 Å². The molecule has 21 heavy (non-hydrogen) atoms. The first-order valence-corrected chi connectivity index (χ1v) is 6.29. The molecule has 0 heterocycles. The van der Waals surface area contributed by atoms with Gasteiger partial charge in [0.05, 0.1) is 6.54 Å². The molecule has 2 aromatic carbocycles. The van der Waals surface area contributed by atoms with E-state index in [9.17, 15) is 9.59 Å². The molecule has 4 N–H and O–H groups in total. The molecule has 0 atom stereocenters. The molecule has 0 unspecified atom stereocenters. The predicted octanol–water partition coefficient (Wildman–Crippen LogP) is 2.09. The number of hydrogen-bond acceptors (Lipinski definition) is 3. The van der Waals surface area contributed by atoms with E-state index < -0.39 is 6.03 Å². The van der Waals surface area contributed by atoms with E-state index >= 15 is 0 Å². The second-order valence-electron chi connectivity index (χ2n) is 4.21. The Bertz CT molecular complexity index is 612. The number of ether oxygens (including phenoxy) is 1. The van der Waals surface area contributed by atoms with Gasteiger partial charge in [-0.2, -0.15) is 0 Å². The summed E-state index contributed by atoms with van der Waals surface area (Å²) >= 11 is 0. The maximum atomic E-state index is 11.5. The summed E-state index contributed by atoms with van der Waals surface area (Å²) in [4.78, 5) is 22.0. The molecule has 2 rings (SSSR count). The molecule has 6 heteroatoms. The normalized spacial score (nSPS) is 9.71. The molecule has 0 aliphatic rings. The van der Waals surface area contributed by atoms with Crippen molar-refractivity contribution in [3.63, 3.8) is 0 Å². The number of nitrogens with two attached hydrogens (primary N) is 1. The van der Waals surface area contributed by atoms with Crippen molar-refractivity contribution in [3.8, 4) is 11.5 Å². The molecule has 0 saturated carbocycles. The van der Waals surface area contributed by atoms with Gasteiger partial charge in [0, 0.05) is 5.69 Å². The summed E-state index contributed by atoms with van der Waals surface area (Å²) in [5, 5.41) is 4.84. The van der Waals surface area contributed by atoms with E-state index in [1.807, 2.05) is 30.3 Å². The predicted molar refractivity (Wildman–Crippen MR) is 79.2 cm³/mol. The third kappa shape index (κ3) is 4.87. The summed E-state index contributed by atoms with van der Waals surface area (Å²) in [7, 11) is 0. The lowest BCUT2D eigenvalue weighted by Crippen LogP contribution is -2.36. The molecular formula is C15H15N3O3. The zero-order chi connectivity index (χ0) is 15.1. The van der Waals surface area contributed by atoms with Crippen LogP contribution in [0.5, 0.6) is 11.5 Å². The molecule has 0 radical (unpaired) electrons. The summed E-state index contributed by atoms with van der Waals surface area (Å²) < 4.78 is 5.63. The Morgan fingerprint density at radius 1 is 0.952 bits per heavy atom. The summed E-state index contributed by atoms with van der Waals surface area (Å²) in [6, 6.07) is 15.5. The SMILES string of the molecule is NC(=O)NCC(=O)Nc1ccc(Oc2ccccc2)cc1. The van der Waals surface area contributed by atoms with Crippen LogP contribution in [-0.2, 0) is 4.79 Å². The van der Waals surface area contributed by atoms with Crippen molar-refractivity contribution in [3.05, 3.63) is 54.6 Å². The highest BCUT2D eigenvalue weighted by atomic mass is 16.5. The Labute approximate surface area is 121 Å². The van der Waals surface area contributed by atoms with Crippen molar-refractivity contribution in [2.24, 2.45) is 5.73 Å². The van der Waals surface area contributed by atoms with Gasteiger partial charge >= 0.3 is 6.03 Å². The second kappa shape index (κ2) is 6.95. The molecular weight excluding hydrogens is 270 g/mol. The highest BCUT2D eigenvalue weighted by Gasteiger charge is 2.03. The van der Waals surface area contributed by atoms with E-state index in [0.717, 1.165) is 5.75 Å². The second-order valence-corrected chi connectivity index (χ2v) is 4.21. The first-order chi connectivity index (χ1) is 10.1. The molecule has 0 saturated heterocycles. The number of anilines is 1. The highest BCUT2D eigenvalue weighted by Crippen LogP contribution is 2.22. The van der Waals surface area contributed by atoms with Gasteiger partial charge in [0.1, 0.15) is 11.5 Å². The standard InChI is InChI=1S/C15H15N3O3/c16-15(20)17-10-14(19)18-11-6-8-13(9-7-11)21-12-4-2-1-3-5-12/h1-9H,10H2,(H,18,19)(H3,16,17,20). The fourth-order valence-electron chi connectivity index (χ4n) is 1.60. The minimum absolute atomic E-state index is 0.169. The number of para-hydroxylation sites is 1. The lowest BCUT2D eigenvalue weighted by Gasteiger charge is -2.08. The Morgan fingerprint density at radius 3 is 2.19 bits per heavy atom. The van der Waals surface area contributed by atoms with E-state index in [1.54, 1.807) is 24.3 Å². The van der Waals surface area contributed by atoms with Crippen LogP contribution in [0.2, 0.25) is 0 Å². The highest BCUT2D eigenvalue weighted by molar-refractivity contribution is 5.94.